The second kappa shape index (κ2) is 10.0. The van der Waals surface area contributed by atoms with Crippen molar-refractivity contribution in [3.05, 3.63) is 132 Å². The summed E-state index contributed by atoms with van der Waals surface area (Å²) in [4.78, 5) is 15.7. The van der Waals surface area contributed by atoms with Gasteiger partial charge in [-0.25, -0.2) is 0 Å². The molecule has 4 heteroatoms. The van der Waals surface area contributed by atoms with E-state index in [0.29, 0.717) is 12.1 Å². The average Bonchev–Trinajstić information content (AvgIpc) is 2.88. The number of carbonyl (C=O) groups is 1. The van der Waals surface area contributed by atoms with Gasteiger partial charge >= 0.3 is 0 Å². The molecule has 0 fully saturated rings. The monoisotopic (exact) mass is 453 g/mol. The summed E-state index contributed by atoms with van der Waals surface area (Å²) in [5, 5.41) is 1.47. The maximum Gasteiger partial charge on any atom is 0.255 e. The second-order valence-corrected chi connectivity index (χ2v) is 10.9. The quantitative estimate of drug-likeness (QED) is 0.314. The first-order chi connectivity index (χ1) is 16.1. The van der Waals surface area contributed by atoms with Gasteiger partial charge in [0.1, 0.15) is 5.78 Å². The van der Waals surface area contributed by atoms with E-state index in [9.17, 15) is 4.79 Å². The smallest absolute Gasteiger partial charge is 0.255 e. The van der Waals surface area contributed by atoms with E-state index in [0.717, 1.165) is 21.7 Å². The van der Waals surface area contributed by atoms with E-state index in [2.05, 4.69) is 0 Å². The van der Waals surface area contributed by atoms with Gasteiger partial charge in [-0.05, 0) is 31.0 Å². The molecule has 0 aliphatic carbocycles. The number of aryl methyl sites for hydroxylation is 1. The standard InChI is InChI=1S/C29H28NO2P/c1-3-30(28(31)27-22-14-13-15-23(27)2)29(24-16-7-4-8-17-24)33(32,25-18-9-5-10-19-25)26-20-11-6-12-21-26/h4-22,29H,3H2,1-2H3/t29-/m1/s1. The number of amides is 1. The van der Waals surface area contributed by atoms with Crippen LogP contribution in [0.4, 0.5) is 0 Å². The Kier molecular flexibility index (Phi) is 6.91. The fourth-order valence-electron chi connectivity index (χ4n) is 4.34. The molecule has 166 valence electrons. The molecule has 0 saturated carbocycles. The lowest BCUT2D eigenvalue weighted by Crippen LogP contribution is -2.39. The minimum Gasteiger partial charge on any atom is -0.324 e. The van der Waals surface area contributed by atoms with Crippen LogP contribution in [0.5, 0.6) is 0 Å². The predicted octanol–water partition coefficient (Wildman–Crippen LogP) is 6.17. The molecular formula is C29H28NO2P. The zero-order chi connectivity index (χ0) is 23.3. The largest absolute Gasteiger partial charge is 0.324 e. The van der Waals surface area contributed by atoms with Gasteiger partial charge in [0.15, 0.2) is 7.14 Å². The molecule has 0 bridgehead atoms. The van der Waals surface area contributed by atoms with Crippen molar-refractivity contribution in [3.63, 3.8) is 0 Å². The summed E-state index contributed by atoms with van der Waals surface area (Å²) < 4.78 is 15.3. The van der Waals surface area contributed by atoms with Crippen LogP contribution in [0.25, 0.3) is 0 Å². The van der Waals surface area contributed by atoms with Crippen LogP contribution in [0.2, 0.25) is 0 Å². The summed E-state index contributed by atoms with van der Waals surface area (Å²) in [6.45, 7) is 4.31. The van der Waals surface area contributed by atoms with Crippen LogP contribution < -0.4 is 10.6 Å². The number of carbonyl (C=O) groups excluding carboxylic acids is 1. The van der Waals surface area contributed by atoms with Crippen molar-refractivity contribution in [1.82, 2.24) is 4.90 Å². The first-order valence-corrected chi connectivity index (χ1v) is 13.0. The Balaban J connectivity index is 1.99. The van der Waals surface area contributed by atoms with Crippen LogP contribution >= 0.6 is 7.14 Å². The molecule has 0 aliphatic heterocycles. The Morgan fingerprint density at radius 3 is 1.67 bits per heavy atom. The number of hydrogen-bond donors (Lipinski definition) is 0. The van der Waals surface area contributed by atoms with E-state index < -0.39 is 12.9 Å². The van der Waals surface area contributed by atoms with E-state index in [-0.39, 0.29) is 5.91 Å². The molecule has 0 aromatic heterocycles. The number of hydrogen-bond acceptors (Lipinski definition) is 2. The Bertz CT molecular complexity index is 1210. The first kappa shape index (κ1) is 22.8. The van der Waals surface area contributed by atoms with Crippen LogP contribution in [0, 0.1) is 6.92 Å². The molecule has 1 amide bonds. The lowest BCUT2D eigenvalue weighted by atomic mass is 10.1. The molecule has 4 aromatic rings. The highest BCUT2D eigenvalue weighted by atomic mass is 31.2. The summed E-state index contributed by atoms with van der Waals surface area (Å²) in [7, 11) is -3.31. The lowest BCUT2D eigenvalue weighted by Gasteiger charge is -2.38. The second-order valence-electron chi connectivity index (χ2n) is 8.02. The number of rotatable bonds is 7. The van der Waals surface area contributed by atoms with Crippen LogP contribution in [0.1, 0.15) is 34.2 Å². The molecular weight excluding hydrogens is 425 g/mol. The van der Waals surface area contributed by atoms with Crippen molar-refractivity contribution >= 4 is 23.7 Å². The summed E-state index contributed by atoms with van der Waals surface area (Å²) >= 11 is 0. The Morgan fingerprint density at radius 1 is 0.727 bits per heavy atom. The van der Waals surface area contributed by atoms with Gasteiger partial charge in [-0.3, -0.25) is 4.79 Å². The van der Waals surface area contributed by atoms with E-state index in [4.69, 9.17) is 0 Å². The third-order valence-corrected chi connectivity index (χ3v) is 9.39. The first-order valence-electron chi connectivity index (χ1n) is 11.2. The fraction of sp³-hybridized carbons (Fsp3) is 0.138. The van der Waals surface area contributed by atoms with Gasteiger partial charge in [-0.15, -0.1) is 0 Å². The number of benzene rings is 4. The molecule has 0 N–H and O–H groups in total. The van der Waals surface area contributed by atoms with Crippen molar-refractivity contribution < 1.29 is 9.36 Å². The zero-order valence-electron chi connectivity index (χ0n) is 19.0. The highest BCUT2D eigenvalue weighted by Crippen LogP contribution is 2.58. The summed E-state index contributed by atoms with van der Waals surface area (Å²) in [6.07, 6.45) is 0. The van der Waals surface area contributed by atoms with Crippen molar-refractivity contribution in [2.45, 2.75) is 19.6 Å². The summed E-state index contributed by atoms with van der Waals surface area (Å²) in [5.41, 5.74) is 2.40. The maximum atomic E-state index is 15.3. The minimum atomic E-state index is -3.31. The fourth-order valence-corrected chi connectivity index (χ4v) is 7.68. The van der Waals surface area contributed by atoms with Crippen molar-refractivity contribution in [2.75, 3.05) is 6.54 Å². The van der Waals surface area contributed by atoms with Crippen LogP contribution in [-0.4, -0.2) is 17.4 Å². The molecule has 0 aliphatic rings. The van der Waals surface area contributed by atoms with Crippen molar-refractivity contribution in [3.8, 4) is 0 Å². The molecule has 4 rings (SSSR count). The molecule has 0 saturated heterocycles. The highest BCUT2D eigenvalue weighted by molar-refractivity contribution is 7.79. The lowest BCUT2D eigenvalue weighted by molar-refractivity contribution is 0.0740. The molecule has 1 atom stereocenters. The molecule has 4 aromatic carbocycles. The maximum absolute atomic E-state index is 15.3. The molecule has 0 radical (unpaired) electrons. The van der Waals surface area contributed by atoms with Gasteiger partial charge in [-0.1, -0.05) is 109 Å². The molecule has 0 unspecified atom stereocenters. The zero-order valence-corrected chi connectivity index (χ0v) is 19.9. The molecule has 3 nitrogen and oxygen atoms in total. The normalized spacial score (nSPS) is 12.2. The third kappa shape index (κ3) is 4.42. The average molecular weight is 454 g/mol. The molecule has 0 heterocycles. The molecule has 33 heavy (non-hydrogen) atoms. The topological polar surface area (TPSA) is 37.4 Å². The van der Waals surface area contributed by atoms with Gasteiger partial charge in [0.05, 0.1) is 0 Å². The Morgan fingerprint density at radius 2 is 1.18 bits per heavy atom. The Hall–Kier alpha value is -3.42. The van der Waals surface area contributed by atoms with Crippen LogP contribution in [0.15, 0.2) is 115 Å². The van der Waals surface area contributed by atoms with Gasteiger partial charge < -0.3 is 9.46 Å². The van der Waals surface area contributed by atoms with Gasteiger partial charge in [0.2, 0.25) is 0 Å². The SMILES string of the molecule is CCN(C(=O)c1ccccc1C)[C@@H](c1ccccc1)P(=O)(c1ccccc1)c1ccccc1. The van der Waals surface area contributed by atoms with E-state index in [1.807, 2.05) is 129 Å². The van der Waals surface area contributed by atoms with Gasteiger partial charge in [-0.2, -0.15) is 0 Å². The van der Waals surface area contributed by atoms with Crippen molar-refractivity contribution in [2.24, 2.45) is 0 Å². The van der Waals surface area contributed by atoms with Crippen LogP contribution in [-0.2, 0) is 4.57 Å². The Labute approximate surface area is 196 Å². The van der Waals surface area contributed by atoms with E-state index in [1.165, 1.54) is 0 Å². The summed E-state index contributed by atoms with van der Waals surface area (Å²) in [5.74, 6) is -0.753. The third-order valence-electron chi connectivity index (χ3n) is 5.99. The number of nitrogens with zero attached hydrogens (tertiary/aromatic N) is 1. The predicted molar refractivity (Wildman–Crippen MR) is 137 cm³/mol. The van der Waals surface area contributed by atoms with Gasteiger partial charge in [0.25, 0.3) is 5.91 Å². The van der Waals surface area contributed by atoms with E-state index in [1.54, 1.807) is 4.90 Å². The minimum absolute atomic E-state index is 0.114. The summed E-state index contributed by atoms with van der Waals surface area (Å²) in [6, 6.07) is 36.5. The highest BCUT2D eigenvalue weighted by Gasteiger charge is 2.43. The van der Waals surface area contributed by atoms with Crippen LogP contribution in [0.3, 0.4) is 0 Å². The van der Waals surface area contributed by atoms with Gasteiger partial charge in [0, 0.05) is 22.7 Å². The van der Waals surface area contributed by atoms with E-state index >= 15 is 4.57 Å². The van der Waals surface area contributed by atoms with Crippen molar-refractivity contribution in [1.29, 1.82) is 0 Å². The molecule has 0 spiro atoms.